The van der Waals surface area contributed by atoms with E-state index in [2.05, 4.69) is 20.8 Å². The molecule has 0 bridgehead atoms. The summed E-state index contributed by atoms with van der Waals surface area (Å²) in [7, 11) is 0. The summed E-state index contributed by atoms with van der Waals surface area (Å²) in [6, 6.07) is 5.11. The molecular weight excluding hydrogens is 312 g/mol. The van der Waals surface area contributed by atoms with Crippen LogP contribution in [0.5, 0.6) is 5.75 Å². The second-order valence-corrected chi connectivity index (χ2v) is 9.46. The third kappa shape index (κ3) is 3.01. The number of fused-ring (bicyclic) bond motifs is 1. The molecule has 138 valence electrons. The highest BCUT2D eigenvalue weighted by molar-refractivity contribution is 5.99. The van der Waals surface area contributed by atoms with Gasteiger partial charge in [-0.1, -0.05) is 34.1 Å². The number of ketones is 1. The van der Waals surface area contributed by atoms with Crippen LogP contribution in [0.2, 0.25) is 0 Å². The van der Waals surface area contributed by atoms with Gasteiger partial charge in [0.15, 0.2) is 5.78 Å². The zero-order valence-corrected chi connectivity index (χ0v) is 16.2. The number of Topliss-reactive ketones (excluding diaryl/α,β-unsaturated/α-hetero) is 1. The topological polar surface area (TPSA) is 57.5 Å². The number of rotatable bonds is 2. The molecule has 0 heterocycles. The largest absolute Gasteiger partial charge is 0.508 e. The first-order valence-corrected chi connectivity index (χ1v) is 9.59. The van der Waals surface area contributed by atoms with Crippen LogP contribution in [-0.4, -0.2) is 22.1 Å². The summed E-state index contributed by atoms with van der Waals surface area (Å²) < 4.78 is 0. The molecule has 2 aliphatic carbocycles. The molecule has 0 aliphatic heterocycles. The minimum absolute atomic E-state index is 0.0645. The highest BCUT2D eigenvalue weighted by atomic mass is 16.3. The van der Waals surface area contributed by atoms with Crippen molar-refractivity contribution in [3.8, 4) is 5.75 Å². The van der Waals surface area contributed by atoms with E-state index < -0.39 is 6.10 Å². The van der Waals surface area contributed by atoms with Gasteiger partial charge in [-0.3, -0.25) is 4.79 Å². The van der Waals surface area contributed by atoms with Crippen LogP contribution in [-0.2, 0) is 0 Å². The molecule has 1 aromatic rings. The van der Waals surface area contributed by atoms with E-state index in [0.29, 0.717) is 11.5 Å². The van der Waals surface area contributed by atoms with Crippen molar-refractivity contribution in [3.05, 3.63) is 29.3 Å². The number of hydrogen-bond acceptors (Lipinski definition) is 3. The first-order valence-electron chi connectivity index (χ1n) is 9.59. The van der Waals surface area contributed by atoms with Gasteiger partial charge in [0.1, 0.15) is 5.75 Å². The van der Waals surface area contributed by atoms with Gasteiger partial charge in [-0.15, -0.1) is 0 Å². The predicted molar refractivity (Wildman–Crippen MR) is 99.7 cm³/mol. The summed E-state index contributed by atoms with van der Waals surface area (Å²) >= 11 is 0. The summed E-state index contributed by atoms with van der Waals surface area (Å²) in [4.78, 5) is 13.5. The molecule has 2 saturated carbocycles. The Balaban J connectivity index is 2.06. The Morgan fingerprint density at radius 2 is 1.84 bits per heavy atom. The molecule has 2 fully saturated rings. The molecule has 0 amide bonds. The van der Waals surface area contributed by atoms with Gasteiger partial charge in [0, 0.05) is 11.5 Å². The Bertz CT molecular complexity index is 658. The molecule has 0 aromatic heterocycles. The standard InChI is InChI=1S/C22H32O3/c1-13-9-15(11-16(23)10-13)20(25)19-14(2)17(24)12-18-21(3,4)7-6-8-22(18,19)5/h9-11,14,17-19,23-24H,6-8,12H2,1-5H3/t14-,17+,18-,19?,22-/m0/s1. The molecule has 3 nitrogen and oxygen atoms in total. The summed E-state index contributed by atoms with van der Waals surface area (Å²) in [5.41, 5.74) is 1.50. The van der Waals surface area contributed by atoms with Crippen LogP contribution in [0.25, 0.3) is 0 Å². The Morgan fingerprint density at radius 3 is 2.48 bits per heavy atom. The average Bonchev–Trinajstić information content (AvgIpc) is 2.48. The lowest BCUT2D eigenvalue weighted by atomic mass is 9.45. The SMILES string of the molecule is Cc1cc(O)cc(C(=O)C2[C@@H](C)[C@H](O)C[C@H]3C(C)(C)CCC[C@]23C)c1. The monoisotopic (exact) mass is 344 g/mol. The molecule has 1 unspecified atom stereocenters. The maximum atomic E-state index is 13.5. The van der Waals surface area contributed by atoms with Gasteiger partial charge in [0.05, 0.1) is 6.10 Å². The third-order valence-electron chi connectivity index (χ3n) is 7.23. The van der Waals surface area contributed by atoms with Crippen molar-refractivity contribution in [2.45, 2.75) is 66.4 Å². The minimum Gasteiger partial charge on any atom is -0.508 e. The molecule has 25 heavy (non-hydrogen) atoms. The third-order valence-corrected chi connectivity index (χ3v) is 7.23. The lowest BCUT2D eigenvalue weighted by Crippen LogP contribution is -2.57. The summed E-state index contributed by atoms with van der Waals surface area (Å²) in [5, 5.41) is 20.7. The highest BCUT2D eigenvalue weighted by Gasteiger charge is 2.58. The molecule has 2 N–H and O–H groups in total. The van der Waals surface area contributed by atoms with Gasteiger partial charge in [0.25, 0.3) is 0 Å². The maximum absolute atomic E-state index is 13.5. The Morgan fingerprint density at radius 1 is 1.16 bits per heavy atom. The van der Waals surface area contributed by atoms with Crippen LogP contribution in [0.1, 0.15) is 69.3 Å². The van der Waals surface area contributed by atoms with E-state index in [0.717, 1.165) is 31.2 Å². The van der Waals surface area contributed by atoms with E-state index in [4.69, 9.17) is 0 Å². The molecule has 2 aliphatic rings. The summed E-state index contributed by atoms with van der Waals surface area (Å²) in [6.45, 7) is 10.8. The van der Waals surface area contributed by atoms with E-state index in [1.54, 1.807) is 12.1 Å². The number of aromatic hydroxyl groups is 1. The molecular formula is C22H32O3. The van der Waals surface area contributed by atoms with Crippen molar-refractivity contribution >= 4 is 5.78 Å². The van der Waals surface area contributed by atoms with E-state index in [1.165, 1.54) is 0 Å². The first kappa shape index (κ1) is 18.4. The number of phenols is 1. The summed E-state index contributed by atoms with van der Waals surface area (Å²) in [6.07, 6.45) is 3.66. The van der Waals surface area contributed by atoms with Crippen molar-refractivity contribution in [2.24, 2.45) is 28.6 Å². The smallest absolute Gasteiger partial charge is 0.167 e. The number of benzene rings is 1. The van der Waals surface area contributed by atoms with Gasteiger partial charge in [-0.25, -0.2) is 0 Å². The number of phenolic OH excluding ortho intramolecular Hbond substituents is 1. The minimum atomic E-state index is -0.442. The normalized spacial score (nSPS) is 37.4. The fourth-order valence-electron chi connectivity index (χ4n) is 6.03. The number of carbonyl (C=O) groups excluding carboxylic acids is 1. The van der Waals surface area contributed by atoms with Crippen molar-refractivity contribution in [1.29, 1.82) is 0 Å². The second kappa shape index (κ2) is 6.12. The lowest BCUT2D eigenvalue weighted by molar-refractivity contribution is -0.125. The number of hydrogen-bond donors (Lipinski definition) is 2. The average molecular weight is 344 g/mol. The van der Waals surface area contributed by atoms with E-state index >= 15 is 0 Å². The van der Waals surface area contributed by atoms with Crippen molar-refractivity contribution < 1.29 is 15.0 Å². The number of aryl methyl sites for hydroxylation is 1. The molecule has 0 spiro atoms. The first-order chi connectivity index (χ1) is 11.6. The van der Waals surface area contributed by atoms with E-state index in [1.807, 2.05) is 19.9 Å². The quantitative estimate of drug-likeness (QED) is 0.762. The number of aliphatic hydroxyl groups is 1. The second-order valence-electron chi connectivity index (χ2n) is 9.46. The lowest BCUT2D eigenvalue weighted by Gasteiger charge is -2.59. The summed E-state index contributed by atoms with van der Waals surface area (Å²) in [5.74, 6) is 0.285. The molecule has 0 radical (unpaired) electrons. The molecule has 3 rings (SSSR count). The van der Waals surface area contributed by atoms with E-state index in [9.17, 15) is 15.0 Å². The zero-order chi connectivity index (χ0) is 18.6. The zero-order valence-electron chi connectivity index (χ0n) is 16.2. The highest BCUT2D eigenvalue weighted by Crippen LogP contribution is 2.61. The van der Waals surface area contributed by atoms with Gasteiger partial charge >= 0.3 is 0 Å². The van der Waals surface area contributed by atoms with Crippen molar-refractivity contribution in [2.75, 3.05) is 0 Å². The Kier molecular flexibility index (Phi) is 4.51. The van der Waals surface area contributed by atoms with Gasteiger partial charge in [-0.2, -0.15) is 0 Å². The number of aliphatic hydroxyl groups excluding tert-OH is 1. The fraction of sp³-hybridized carbons (Fsp3) is 0.682. The Hall–Kier alpha value is -1.35. The van der Waals surface area contributed by atoms with Crippen molar-refractivity contribution in [1.82, 2.24) is 0 Å². The molecule has 3 heteroatoms. The molecule has 0 saturated heterocycles. The molecule has 1 aromatic carbocycles. The predicted octanol–water partition coefficient (Wildman–Crippen LogP) is 4.73. The number of carbonyl (C=O) groups is 1. The van der Waals surface area contributed by atoms with Gasteiger partial charge < -0.3 is 10.2 Å². The van der Waals surface area contributed by atoms with Crippen LogP contribution in [0.15, 0.2) is 18.2 Å². The van der Waals surface area contributed by atoms with E-state index in [-0.39, 0.29) is 34.2 Å². The maximum Gasteiger partial charge on any atom is 0.167 e. The van der Waals surface area contributed by atoms with Gasteiger partial charge in [-0.05, 0) is 72.6 Å². The van der Waals surface area contributed by atoms with Crippen LogP contribution >= 0.6 is 0 Å². The fourth-order valence-corrected chi connectivity index (χ4v) is 6.03. The van der Waals surface area contributed by atoms with Crippen LogP contribution < -0.4 is 0 Å². The van der Waals surface area contributed by atoms with Crippen molar-refractivity contribution in [3.63, 3.8) is 0 Å². The van der Waals surface area contributed by atoms with Crippen LogP contribution in [0, 0.1) is 35.5 Å². The van der Waals surface area contributed by atoms with Crippen LogP contribution in [0.3, 0.4) is 0 Å². The van der Waals surface area contributed by atoms with Gasteiger partial charge in [0.2, 0.25) is 0 Å². The van der Waals surface area contributed by atoms with Crippen LogP contribution in [0.4, 0.5) is 0 Å². The Labute approximate surface area is 151 Å². The molecule has 5 atom stereocenters.